The quantitative estimate of drug-likeness (QED) is 0.927. The van der Waals surface area contributed by atoms with Crippen LogP contribution in [-0.2, 0) is 0 Å². The van der Waals surface area contributed by atoms with Gasteiger partial charge in [0.05, 0.1) is 0 Å². The SMILES string of the molecule is CC(CN)N(C)C(=O)c1cc(Br)cn1C(C)C. The van der Waals surface area contributed by atoms with Gasteiger partial charge in [-0.2, -0.15) is 0 Å². The summed E-state index contributed by atoms with van der Waals surface area (Å²) in [5, 5.41) is 0. The molecule has 0 bridgehead atoms. The van der Waals surface area contributed by atoms with Gasteiger partial charge in [-0.3, -0.25) is 4.79 Å². The van der Waals surface area contributed by atoms with E-state index < -0.39 is 0 Å². The van der Waals surface area contributed by atoms with Crippen molar-refractivity contribution in [1.82, 2.24) is 9.47 Å². The van der Waals surface area contributed by atoms with E-state index in [-0.39, 0.29) is 18.0 Å². The Hall–Kier alpha value is -0.810. The fourth-order valence-electron chi connectivity index (χ4n) is 1.58. The maximum atomic E-state index is 12.3. The molecule has 0 saturated carbocycles. The third-order valence-electron chi connectivity index (χ3n) is 2.91. The maximum Gasteiger partial charge on any atom is 0.270 e. The van der Waals surface area contributed by atoms with Gasteiger partial charge in [0, 0.05) is 36.3 Å². The van der Waals surface area contributed by atoms with Gasteiger partial charge in [0.25, 0.3) is 5.91 Å². The van der Waals surface area contributed by atoms with Gasteiger partial charge in [0.1, 0.15) is 5.69 Å². The average molecular weight is 302 g/mol. The highest BCUT2D eigenvalue weighted by Gasteiger charge is 2.21. The van der Waals surface area contributed by atoms with Crippen molar-refractivity contribution in [3.63, 3.8) is 0 Å². The number of aromatic nitrogens is 1. The van der Waals surface area contributed by atoms with Crippen molar-refractivity contribution >= 4 is 21.8 Å². The third-order valence-corrected chi connectivity index (χ3v) is 3.35. The van der Waals surface area contributed by atoms with Gasteiger partial charge in [-0.1, -0.05) is 0 Å². The first kappa shape index (κ1) is 14.3. The Labute approximate surface area is 111 Å². The molecule has 1 heterocycles. The lowest BCUT2D eigenvalue weighted by Gasteiger charge is -2.24. The molecule has 96 valence electrons. The van der Waals surface area contributed by atoms with E-state index in [1.807, 2.05) is 23.8 Å². The monoisotopic (exact) mass is 301 g/mol. The second-order valence-electron chi connectivity index (χ2n) is 4.55. The molecule has 17 heavy (non-hydrogen) atoms. The number of hydrogen-bond acceptors (Lipinski definition) is 2. The summed E-state index contributed by atoms with van der Waals surface area (Å²) in [6.45, 7) is 6.51. The Morgan fingerprint density at radius 3 is 2.59 bits per heavy atom. The van der Waals surface area contributed by atoms with Gasteiger partial charge < -0.3 is 15.2 Å². The zero-order valence-electron chi connectivity index (χ0n) is 10.8. The van der Waals surface area contributed by atoms with Crippen molar-refractivity contribution in [3.05, 3.63) is 22.4 Å². The van der Waals surface area contributed by atoms with Crippen LogP contribution in [0.3, 0.4) is 0 Å². The fraction of sp³-hybridized carbons (Fsp3) is 0.583. The minimum absolute atomic E-state index is 0.00218. The lowest BCUT2D eigenvalue weighted by atomic mass is 10.2. The Bertz CT molecular complexity index is 400. The zero-order chi connectivity index (χ0) is 13.2. The molecule has 4 nitrogen and oxygen atoms in total. The normalized spacial score (nSPS) is 12.9. The molecule has 1 amide bonds. The van der Waals surface area contributed by atoms with Gasteiger partial charge in [0.15, 0.2) is 0 Å². The molecule has 0 aromatic carbocycles. The molecule has 1 aromatic heterocycles. The van der Waals surface area contributed by atoms with Crippen LogP contribution in [0.25, 0.3) is 0 Å². The first-order valence-electron chi connectivity index (χ1n) is 5.73. The molecule has 0 fully saturated rings. The topological polar surface area (TPSA) is 51.3 Å². The highest BCUT2D eigenvalue weighted by molar-refractivity contribution is 9.10. The van der Waals surface area contributed by atoms with Crippen molar-refractivity contribution in [2.75, 3.05) is 13.6 Å². The van der Waals surface area contributed by atoms with Crippen LogP contribution < -0.4 is 5.73 Å². The molecule has 1 rings (SSSR count). The van der Waals surface area contributed by atoms with Gasteiger partial charge in [0.2, 0.25) is 0 Å². The molecule has 0 aliphatic carbocycles. The Morgan fingerprint density at radius 2 is 2.12 bits per heavy atom. The van der Waals surface area contributed by atoms with E-state index in [9.17, 15) is 4.79 Å². The second-order valence-corrected chi connectivity index (χ2v) is 5.46. The van der Waals surface area contributed by atoms with Crippen LogP contribution in [0.1, 0.15) is 37.3 Å². The molecular weight excluding hydrogens is 282 g/mol. The van der Waals surface area contributed by atoms with Crippen LogP contribution >= 0.6 is 15.9 Å². The number of nitrogens with two attached hydrogens (primary N) is 1. The van der Waals surface area contributed by atoms with Crippen molar-refractivity contribution in [1.29, 1.82) is 0 Å². The number of halogens is 1. The Morgan fingerprint density at radius 1 is 1.53 bits per heavy atom. The first-order chi connectivity index (χ1) is 7.88. The van der Waals surface area contributed by atoms with Crippen molar-refractivity contribution in [2.24, 2.45) is 5.73 Å². The van der Waals surface area contributed by atoms with Gasteiger partial charge in [-0.05, 0) is 42.8 Å². The van der Waals surface area contributed by atoms with E-state index in [4.69, 9.17) is 5.73 Å². The number of carbonyl (C=O) groups is 1. The highest BCUT2D eigenvalue weighted by Crippen LogP contribution is 2.20. The molecular formula is C12H20BrN3O. The lowest BCUT2D eigenvalue weighted by molar-refractivity contribution is 0.0736. The van der Waals surface area contributed by atoms with Crippen molar-refractivity contribution in [3.8, 4) is 0 Å². The van der Waals surface area contributed by atoms with Crippen LogP contribution in [0.5, 0.6) is 0 Å². The van der Waals surface area contributed by atoms with E-state index in [1.54, 1.807) is 11.9 Å². The number of carbonyl (C=O) groups excluding carboxylic acids is 1. The van der Waals surface area contributed by atoms with E-state index >= 15 is 0 Å². The van der Waals surface area contributed by atoms with E-state index in [1.165, 1.54) is 0 Å². The molecule has 0 aliphatic rings. The Balaban J connectivity index is 3.03. The standard InChI is InChI=1S/C12H20BrN3O/c1-8(2)16-7-10(13)5-11(16)12(17)15(4)9(3)6-14/h5,7-9H,6,14H2,1-4H3. The summed E-state index contributed by atoms with van der Waals surface area (Å²) in [5.74, 6) is 0.00218. The molecule has 0 spiro atoms. The average Bonchev–Trinajstić information content (AvgIpc) is 2.68. The summed E-state index contributed by atoms with van der Waals surface area (Å²) in [6, 6.07) is 2.14. The molecule has 1 unspecified atom stereocenters. The van der Waals surface area contributed by atoms with Crippen LogP contribution in [-0.4, -0.2) is 35.0 Å². The molecule has 0 saturated heterocycles. The lowest BCUT2D eigenvalue weighted by Crippen LogP contribution is -2.40. The number of nitrogens with zero attached hydrogens (tertiary/aromatic N) is 2. The molecule has 0 aliphatic heterocycles. The van der Waals surface area contributed by atoms with Crippen molar-refractivity contribution < 1.29 is 4.79 Å². The third kappa shape index (κ3) is 3.10. The first-order valence-corrected chi connectivity index (χ1v) is 6.52. The summed E-state index contributed by atoms with van der Waals surface area (Å²) in [6.07, 6.45) is 1.93. The molecule has 1 aromatic rings. The summed E-state index contributed by atoms with van der Waals surface area (Å²) < 4.78 is 2.88. The minimum Gasteiger partial charge on any atom is -0.340 e. The summed E-state index contributed by atoms with van der Waals surface area (Å²) in [5.41, 5.74) is 6.27. The van der Waals surface area contributed by atoms with Gasteiger partial charge in [-0.15, -0.1) is 0 Å². The summed E-state index contributed by atoms with van der Waals surface area (Å²) in [7, 11) is 1.78. The van der Waals surface area contributed by atoms with E-state index in [0.717, 1.165) is 4.47 Å². The number of likely N-dealkylation sites (N-methyl/N-ethyl adjacent to an activating group) is 1. The van der Waals surface area contributed by atoms with Gasteiger partial charge >= 0.3 is 0 Å². The van der Waals surface area contributed by atoms with E-state index in [0.29, 0.717) is 12.2 Å². The van der Waals surface area contributed by atoms with Crippen molar-refractivity contribution in [2.45, 2.75) is 32.9 Å². The number of hydrogen-bond donors (Lipinski definition) is 1. The predicted molar refractivity (Wildman–Crippen MR) is 73.1 cm³/mol. The summed E-state index contributed by atoms with van der Waals surface area (Å²) >= 11 is 3.41. The second kappa shape index (κ2) is 5.69. The smallest absolute Gasteiger partial charge is 0.270 e. The predicted octanol–water partition coefficient (Wildman–Crippen LogP) is 2.25. The van der Waals surface area contributed by atoms with Gasteiger partial charge in [-0.25, -0.2) is 0 Å². The highest BCUT2D eigenvalue weighted by atomic mass is 79.9. The van der Waals surface area contributed by atoms with Crippen LogP contribution in [0, 0.1) is 0 Å². The largest absolute Gasteiger partial charge is 0.340 e. The number of amides is 1. The Kier molecular flexibility index (Phi) is 4.77. The number of rotatable bonds is 4. The minimum atomic E-state index is 0.00218. The molecule has 2 N–H and O–H groups in total. The summed E-state index contributed by atoms with van der Waals surface area (Å²) in [4.78, 5) is 14.0. The van der Waals surface area contributed by atoms with Crippen LogP contribution in [0.4, 0.5) is 0 Å². The van der Waals surface area contributed by atoms with Crippen LogP contribution in [0.15, 0.2) is 16.7 Å². The molecule has 0 radical (unpaired) electrons. The zero-order valence-corrected chi connectivity index (χ0v) is 12.4. The maximum absolute atomic E-state index is 12.3. The molecule has 1 atom stereocenters. The fourth-order valence-corrected chi connectivity index (χ4v) is 2.02. The molecule has 5 heteroatoms. The van der Waals surface area contributed by atoms with E-state index in [2.05, 4.69) is 29.8 Å². The van der Waals surface area contributed by atoms with Crippen LogP contribution in [0.2, 0.25) is 0 Å².